The van der Waals surface area contributed by atoms with E-state index in [1.807, 2.05) is 6.92 Å². The largest absolute Gasteiger partial charge is 0.272 e. The van der Waals surface area contributed by atoms with E-state index in [0.717, 1.165) is 12.1 Å². The van der Waals surface area contributed by atoms with Crippen LogP contribution >= 0.6 is 34.8 Å². The summed E-state index contributed by atoms with van der Waals surface area (Å²) in [6.45, 7) is 1.95. The second kappa shape index (κ2) is 4.84. The molecule has 1 aliphatic rings. The van der Waals surface area contributed by atoms with Gasteiger partial charge in [0.2, 0.25) is 0 Å². The van der Waals surface area contributed by atoms with E-state index in [-0.39, 0.29) is 5.91 Å². The highest BCUT2D eigenvalue weighted by Crippen LogP contribution is 2.38. The summed E-state index contributed by atoms with van der Waals surface area (Å²) in [5, 5.41) is 6.51. The van der Waals surface area contributed by atoms with Gasteiger partial charge in [-0.25, -0.2) is 0 Å². The van der Waals surface area contributed by atoms with Crippen LogP contribution in [-0.2, 0) is 4.79 Å². The molecule has 1 amide bonds. The molecule has 0 aromatic heterocycles. The smallest absolute Gasteiger partial charge is 0.253 e. The second-order valence-corrected chi connectivity index (χ2v) is 4.87. The Balaban J connectivity index is 2.48. The van der Waals surface area contributed by atoms with Gasteiger partial charge in [0.1, 0.15) is 5.69 Å². The molecule has 0 radical (unpaired) electrons. The van der Waals surface area contributed by atoms with Crippen molar-refractivity contribution in [1.29, 1.82) is 0 Å². The number of nitrogens with zero attached hydrogens (tertiary/aromatic N) is 2. The molecule has 1 heterocycles. The molecule has 90 valence electrons. The van der Waals surface area contributed by atoms with Gasteiger partial charge >= 0.3 is 0 Å². The van der Waals surface area contributed by atoms with Crippen LogP contribution in [-0.4, -0.2) is 11.6 Å². The van der Waals surface area contributed by atoms with Crippen LogP contribution in [0.5, 0.6) is 0 Å². The molecule has 0 aliphatic carbocycles. The molecule has 2 rings (SSSR count). The topological polar surface area (TPSA) is 32.7 Å². The van der Waals surface area contributed by atoms with Gasteiger partial charge in [-0.15, -0.1) is 0 Å². The Morgan fingerprint density at radius 1 is 1.29 bits per heavy atom. The van der Waals surface area contributed by atoms with E-state index in [2.05, 4.69) is 5.10 Å². The SMILES string of the molecule is CCC1=NN(c2c(Cl)cc(Cl)cc2Cl)C(=O)C1. The van der Waals surface area contributed by atoms with Crippen molar-refractivity contribution in [2.75, 3.05) is 5.01 Å². The lowest BCUT2D eigenvalue weighted by atomic mass is 10.2. The zero-order valence-electron chi connectivity index (χ0n) is 9.01. The Morgan fingerprint density at radius 2 is 1.88 bits per heavy atom. The third-order valence-corrected chi connectivity index (χ3v) is 3.23. The van der Waals surface area contributed by atoms with Crippen LogP contribution in [0.3, 0.4) is 0 Å². The Kier molecular flexibility index (Phi) is 3.61. The summed E-state index contributed by atoms with van der Waals surface area (Å²) in [5.74, 6) is -0.132. The molecule has 0 unspecified atom stereocenters. The van der Waals surface area contributed by atoms with E-state index < -0.39 is 0 Å². The summed E-state index contributed by atoms with van der Waals surface area (Å²) in [6, 6.07) is 3.08. The Bertz CT molecular complexity index is 490. The van der Waals surface area contributed by atoms with Crippen LogP contribution < -0.4 is 5.01 Å². The number of halogens is 3. The van der Waals surface area contributed by atoms with Gasteiger partial charge in [-0.2, -0.15) is 10.1 Å². The molecule has 0 saturated heterocycles. The maximum atomic E-state index is 11.8. The van der Waals surface area contributed by atoms with Crippen LogP contribution in [0.4, 0.5) is 5.69 Å². The van der Waals surface area contributed by atoms with Crippen molar-refractivity contribution >= 4 is 52.1 Å². The van der Waals surface area contributed by atoms with Crippen molar-refractivity contribution in [1.82, 2.24) is 0 Å². The van der Waals surface area contributed by atoms with Gasteiger partial charge in [0.05, 0.1) is 16.5 Å². The standard InChI is InChI=1S/C11H9Cl3N2O/c1-2-7-5-10(17)16(15-7)11-8(13)3-6(12)4-9(11)14/h3-4H,2,5H2,1H3. The fourth-order valence-corrected chi connectivity index (χ4v) is 2.57. The van der Waals surface area contributed by atoms with E-state index in [4.69, 9.17) is 34.8 Å². The van der Waals surface area contributed by atoms with Crippen LogP contribution in [0, 0.1) is 0 Å². The number of rotatable bonds is 2. The number of hydrazone groups is 1. The van der Waals surface area contributed by atoms with Gasteiger partial charge in [0, 0.05) is 10.7 Å². The van der Waals surface area contributed by atoms with Crippen molar-refractivity contribution in [3.8, 4) is 0 Å². The van der Waals surface area contributed by atoms with Crippen LogP contribution in [0.25, 0.3) is 0 Å². The summed E-state index contributed by atoms with van der Waals surface area (Å²) in [5.41, 5.74) is 1.21. The fraction of sp³-hybridized carbons (Fsp3) is 0.273. The van der Waals surface area contributed by atoms with E-state index in [1.54, 1.807) is 0 Å². The summed E-state index contributed by atoms with van der Waals surface area (Å²) in [6.07, 6.45) is 1.04. The molecule has 0 saturated carbocycles. The molecule has 1 aromatic rings. The minimum atomic E-state index is -0.132. The zero-order valence-corrected chi connectivity index (χ0v) is 11.3. The first kappa shape index (κ1) is 12.7. The molecular weight excluding hydrogens is 282 g/mol. The van der Waals surface area contributed by atoms with Crippen molar-refractivity contribution in [2.45, 2.75) is 19.8 Å². The average molecular weight is 292 g/mol. The number of hydrogen-bond donors (Lipinski definition) is 0. The molecule has 0 fully saturated rings. The van der Waals surface area contributed by atoms with Gasteiger partial charge in [0.15, 0.2) is 0 Å². The van der Waals surface area contributed by atoms with E-state index in [9.17, 15) is 4.79 Å². The van der Waals surface area contributed by atoms with Crippen LogP contribution in [0.2, 0.25) is 15.1 Å². The number of hydrogen-bond acceptors (Lipinski definition) is 2. The molecule has 17 heavy (non-hydrogen) atoms. The van der Waals surface area contributed by atoms with Crippen molar-refractivity contribution in [3.05, 3.63) is 27.2 Å². The molecule has 0 N–H and O–H groups in total. The summed E-state index contributed by atoms with van der Waals surface area (Å²) in [7, 11) is 0. The molecule has 6 heteroatoms. The maximum absolute atomic E-state index is 11.8. The van der Waals surface area contributed by atoms with Crippen LogP contribution in [0.15, 0.2) is 17.2 Å². The summed E-state index contributed by atoms with van der Waals surface area (Å²) < 4.78 is 0. The molecule has 1 aliphatic heterocycles. The van der Waals surface area contributed by atoms with E-state index in [1.165, 1.54) is 17.1 Å². The molecule has 1 aromatic carbocycles. The predicted octanol–water partition coefficient (Wildman–Crippen LogP) is 4.15. The highest BCUT2D eigenvalue weighted by molar-refractivity contribution is 6.42. The van der Waals surface area contributed by atoms with Gasteiger partial charge in [-0.3, -0.25) is 4.79 Å². The normalized spacial score (nSPS) is 15.4. The third-order valence-electron chi connectivity index (χ3n) is 2.43. The minimum Gasteiger partial charge on any atom is -0.272 e. The Hall–Kier alpha value is -0.770. The van der Waals surface area contributed by atoms with E-state index in [0.29, 0.717) is 27.2 Å². The monoisotopic (exact) mass is 290 g/mol. The molecule has 0 spiro atoms. The molecular formula is C11H9Cl3N2O. The highest BCUT2D eigenvalue weighted by Gasteiger charge is 2.27. The number of amides is 1. The lowest BCUT2D eigenvalue weighted by molar-refractivity contribution is -0.116. The minimum absolute atomic E-state index is 0.132. The fourth-order valence-electron chi connectivity index (χ4n) is 1.59. The first-order chi connectivity index (χ1) is 8.02. The average Bonchev–Trinajstić information content (AvgIpc) is 2.59. The van der Waals surface area contributed by atoms with Crippen molar-refractivity contribution < 1.29 is 4.79 Å². The lowest BCUT2D eigenvalue weighted by Crippen LogP contribution is -2.20. The summed E-state index contributed by atoms with van der Waals surface area (Å²) >= 11 is 17.9. The molecule has 0 atom stereocenters. The third kappa shape index (κ3) is 2.41. The number of carbonyl (C=O) groups is 1. The van der Waals surface area contributed by atoms with Gasteiger partial charge in [-0.05, 0) is 18.6 Å². The quantitative estimate of drug-likeness (QED) is 0.805. The maximum Gasteiger partial charge on any atom is 0.253 e. The first-order valence-corrected chi connectivity index (χ1v) is 6.20. The van der Waals surface area contributed by atoms with Crippen LogP contribution in [0.1, 0.15) is 19.8 Å². The number of benzene rings is 1. The lowest BCUT2D eigenvalue weighted by Gasteiger charge is -2.15. The van der Waals surface area contributed by atoms with Crippen molar-refractivity contribution in [2.24, 2.45) is 5.10 Å². The zero-order chi connectivity index (χ0) is 12.6. The Labute approximate surface area is 114 Å². The molecule has 0 bridgehead atoms. The van der Waals surface area contributed by atoms with Gasteiger partial charge in [-0.1, -0.05) is 41.7 Å². The Morgan fingerprint density at radius 3 is 2.35 bits per heavy atom. The first-order valence-electron chi connectivity index (χ1n) is 5.06. The molecule has 3 nitrogen and oxygen atoms in total. The van der Waals surface area contributed by atoms with E-state index >= 15 is 0 Å². The number of carbonyl (C=O) groups excluding carboxylic acids is 1. The van der Waals surface area contributed by atoms with Gasteiger partial charge < -0.3 is 0 Å². The second-order valence-electron chi connectivity index (χ2n) is 3.62. The predicted molar refractivity (Wildman–Crippen MR) is 71.3 cm³/mol. The van der Waals surface area contributed by atoms with Crippen molar-refractivity contribution in [3.63, 3.8) is 0 Å². The summed E-state index contributed by atoms with van der Waals surface area (Å²) in [4.78, 5) is 11.8. The van der Waals surface area contributed by atoms with Gasteiger partial charge in [0.25, 0.3) is 5.91 Å². The highest BCUT2D eigenvalue weighted by atomic mass is 35.5. The number of anilines is 1.